The Morgan fingerprint density at radius 1 is 1.44 bits per heavy atom. The Balaban J connectivity index is 2.44. The molecule has 1 aromatic heterocycles. The molecule has 0 saturated carbocycles. The van der Waals surface area contributed by atoms with Gasteiger partial charge in [0, 0.05) is 17.6 Å². The SMILES string of the molecule is N#CCCSc1cc(C(N)=O)c2ccccc2n1. The minimum absolute atomic E-state index is 0.449. The number of hydrogen-bond donors (Lipinski definition) is 1. The number of primary amides is 1. The third-order valence-corrected chi connectivity index (χ3v) is 3.34. The zero-order chi connectivity index (χ0) is 13.0. The van der Waals surface area contributed by atoms with E-state index in [4.69, 9.17) is 11.0 Å². The monoisotopic (exact) mass is 257 g/mol. The van der Waals surface area contributed by atoms with Gasteiger partial charge in [-0.05, 0) is 12.1 Å². The van der Waals surface area contributed by atoms with Gasteiger partial charge in [-0.2, -0.15) is 5.26 Å². The number of aromatic nitrogens is 1. The lowest BCUT2D eigenvalue weighted by Crippen LogP contribution is -2.12. The van der Waals surface area contributed by atoms with Gasteiger partial charge in [0.2, 0.25) is 5.91 Å². The van der Waals surface area contributed by atoms with Crippen molar-refractivity contribution in [2.45, 2.75) is 11.4 Å². The number of fused-ring (bicyclic) bond motifs is 1. The molecule has 0 aliphatic heterocycles. The smallest absolute Gasteiger partial charge is 0.249 e. The van der Waals surface area contributed by atoms with Gasteiger partial charge in [-0.15, -0.1) is 11.8 Å². The Hall–Kier alpha value is -2.06. The fraction of sp³-hybridized carbons (Fsp3) is 0.154. The van der Waals surface area contributed by atoms with Gasteiger partial charge < -0.3 is 5.73 Å². The van der Waals surface area contributed by atoms with E-state index in [0.717, 1.165) is 15.9 Å². The van der Waals surface area contributed by atoms with E-state index in [-0.39, 0.29) is 0 Å². The van der Waals surface area contributed by atoms with Crippen molar-refractivity contribution in [2.75, 3.05) is 5.75 Å². The minimum atomic E-state index is -0.462. The number of rotatable bonds is 4. The molecule has 0 saturated heterocycles. The second-order valence-electron chi connectivity index (χ2n) is 3.65. The molecule has 18 heavy (non-hydrogen) atoms. The lowest BCUT2D eigenvalue weighted by Gasteiger charge is -2.06. The largest absolute Gasteiger partial charge is 0.366 e. The second-order valence-corrected chi connectivity index (χ2v) is 4.76. The average Bonchev–Trinajstić information content (AvgIpc) is 2.38. The van der Waals surface area contributed by atoms with Gasteiger partial charge >= 0.3 is 0 Å². The van der Waals surface area contributed by atoms with Crippen LogP contribution in [0, 0.1) is 11.3 Å². The lowest BCUT2D eigenvalue weighted by atomic mass is 10.1. The second kappa shape index (κ2) is 5.52. The highest BCUT2D eigenvalue weighted by atomic mass is 32.2. The predicted molar refractivity (Wildman–Crippen MR) is 71.2 cm³/mol. The van der Waals surface area contributed by atoms with Crippen LogP contribution < -0.4 is 5.73 Å². The Labute approximate surface area is 109 Å². The number of nitriles is 1. The minimum Gasteiger partial charge on any atom is -0.366 e. The molecule has 2 aromatic rings. The number of nitrogens with zero attached hydrogens (tertiary/aromatic N) is 2. The molecular formula is C13H11N3OS. The van der Waals surface area contributed by atoms with E-state index in [1.807, 2.05) is 24.3 Å². The van der Waals surface area contributed by atoms with Crippen LogP contribution in [0.2, 0.25) is 0 Å². The Morgan fingerprint density at radius 2 is 2.22 bits per heavy atom. The fourth-order valence-electron chi connectivity index (χ4n) is 1.63. The van der Waals surface area contributed by atoms with Crippen LogP contribution in [0.4, 0.5) is 0 Å². The van der Waals surface area contributed by atoms with Crippen molar-refractivity contribution in [1.82, 2.24) is 4.98 Å². The summed E-state index contributed by atoms with van der Waals surface area (Å²) in [7, 11) is 0. The maximum absolute atomic E-state index is 11.4. The molecule has 2 N–H and O–H groups in total. The Morgan fingerprint density at radius 3 is 2.94 bits per heavy atom. The van der Waals surface area contributed by atoms with E-state index in [0.29, 0.717) is 17.7 Å². The molecule has 0 atom stereocenters. The summed E-state index contributed by atoms with van der Waals surface area (Å²) in [6, 6.07) is 11.1. The summed E-state index contributed by atoms with van der Waals surface area (Å²) in [5, 5.41) is 9.98. The molecule has 4 nitrogen and oxygen atoms in total. The first-order valence-corrected chi connectivity index (χ1v) is 6.40. The van der Waals surface area contributed by atoms with E-state index in [2.05, 4.69) is 11.1 Å². The van der Waals surface area contributed by atoms with Gasteiger partial charge in [-0.1, -0.05) is 18.2 Å². The number of amides is 1. The molecule has 0 unspecified atom stereocenters. The van der Waals surface area contributed by atoms with Gasteiger partial charge in [0.05, 0.1) is 22.2 Å². The highest BCUT2D eigenvalue weighted by Crippen LogP contribution is 2.24. The van der Waals surface area contributed by atoms with Crippen LogP contribution in [0.1, 0.15) is 16.8 Å². The first-order chi connectivity index (χ1) is 8.72. The van der Waals surface area contributed by atoms with E-state index < -0.39 is 5.91 Å². The number of thioether (sulfide) groups is 1. The molecular weight excluding hydrogens is 246 g/mol. The van der Waals surface area contributed by atoms with Crippen LogP contribution in [-0.2, 0) is 0 Å². The molecule has 1 heterocycles. The zero-order valence-electron chi connectivity index (χ0n) is 9.59. The van der Waals surface area contributed by atoms with Gasteiger partial charge in [0.15, 0.2) is 0 Å². The quantitative estimate of drug-likeness (QED) is 0.673. The first-order valence-electron chi connectivity index (χ1n) is 5.41. The van der Waals surface area contributed by atoms with Crippen molar-refractivity contribution in [3.05, 3.63) is 35.9 Å². The van der Waals surface area contributed by atoms with Crippen LogP contribution in [0.25, 0.3) is 10.9 Å². The van der Waals surface area contributed by atoms with Crippen molar-refractivity contribution in [2.24, 2.45) is 5.73 Å². The predicted octanol–water partition coefficient (Wildman–Crippen LogP) is 2.34. The van der Waals surface area contributed by atoms with E-state index >= 15 is 0 Å². The van der Waals surface area contributed by atoms with Gasteiger partial charge in [-0.3, -0.25) is 4.79 Å². The van der Waals surface area contributed by atoms with Crippen LogP contribution in [0.15, 0.2) is 35.4 Å². The summed E-state index contributed by atoms with van der Waals surface area (Å²) < 4.78 is 0. The average molecular weight is 257 g/mol. The lowest BCUT2D eigenvalue weighted by molar-refractivity contribution is 0.100. The zero-order valence-corrected chi connectivity index (χ0v) is 10.4. The normalized spacial score (nSPS) is 10.2. The summed E-state index contributed by atoms with van der Waals surface area (Å²) in [6.07, 6.45) is 0.449. The standard InChI is InChI=1S/C13H11N3OS/c14-6-3-7-18-12-8-10(13(15)17)9-4-1-2-5-11(9)16-12/h1-2,4-5,8H,3,7H2,(H2,15,17). The van der Waals surface area contributed by atoms with Gasteiger partial charge in [-0.25, -0.2) is 4.98 Å². The maximum Gasteiger partial charge on any atom is 0.249 e. The number of nitrogens with two attached hydrogens (primary N) is 1. The molecule has 5 heteroatoms. The van der Waals surface area contributed by atoms with E-state index in [9.17, 15) is 4.79 Å². The molecule has 0 spiro atoms. The van der Waals surface area contributed by atoms with Crippen molar-refractivity contribution in [3.8, 4) is 6.07 Å². The number of carbonyl (C=O) groups is 1. The molecule has 0 aliphatic carbocycles. The van der Waals surface area contributed by atoms with Crippen LogP contribution in [0.3, 0.4) is 0 Å². The molecule has 0 radical (unpaired) electrons. The third-order valence-electron chi connectivity index (χ3n) is 2.42. The van der Waals surface area contributed by atoms with Crippen LogP contribution in [0.5, 0.6) is 0 Å². The molecule has 0 aliphatic rings. The highest BCUT2D eigenvalue weighted by Gasteiger charge is 2.09. The number of para-hydroxylation sites is 1. The molecule has 1 amide bonds. The van der Waals surface area contributed by atoms with Crippen molar-refractivity contribution >= 4 is 28.6 Å². The van der Waals surface area contributed by atoms with Crippen LogP contribution in [-0.4, -0.2) is 16.6 Å². The summed E-state index contributed by atoms with van der Waals surface area (Å²) in [4.78, 5) is 15.9. The highest BCUT2D eigenvalue weighted by molar-refractivity contribution is 7.99. The van der Waals surface area contributed by atoms with Gasteiger partial charge in [0.1, 0.15) is 0 Å². The maximum atomic E-state index is 11.4. The molecule has 2 rings (SSSR count). The summed E-state index contributed by atoms with van der Waals surface area (Å²) in [5.41, 5.74) is 6.59. The fourth-order valence-corrected chi connectivity index (χ4v) is 2.40. The third kappa shape index (κ3) is 2.60. The summed E-state index contributed by atoms with van der Waals surface area (Å²) >= 11 is 1.45. The van der Waals surface area contributed by atoms with E-state index in [1.165, 1.54) is 11.8 Å². The Bertz CT molecular complexity index is 634. The molecule has 0 bridgehead atoms. The van der Waals surface area contributed by atoms with E-state index in [1.54, 1.807) is 6.07 Å². The number of hydrogen-bond acceptors (Lipinski definition) is 4. The molecule has 90 valence electrons. The number of carbonyl (C=O) groups excluding carboxylic acids is 1. The molecule has 0 fully saturated rings. The van der Waals surface area contributed by atoms with Crippen molar-refractivity contribution < 1.29 is 4.79 Å². The Kier molecular flexibility index (Phi) is 3.80. The topological polar surface area (TPSA) is 79.8 Å². The molecule has 1 aromatic carbocycles. The van der Waals surface area contributed by atoms with Gasteiger partial charge in [0.25, 0.3) is 0 Å². The summed E-state index contributed by atoms with van der Waals surface area (Å²) in [5.74, 6) is 0.191. The number of benzene rings is 1. The van der Waals surface area contributed by atoms with Crippen LogP contribution >= 0.6 is 11.8 Å². The first kappa shape index (κ1) is 12.4. The summed E-state index contributed by atoms with van der Waals surface area (Å²) in [6.45, 7) is 0. The van der Waals surface area contributed by atoms with Crippen molar-refractivity contribution in [3.63, 3.8) is 0 Å². The van der Waals surface area contributed by atoms with Crippen molar-refractivity contribution in [1.29, 1.82) is 5.26 Å². The number of pyridine rings is 1.